The fourth-order valence-corrected chi connectivity index (χ4v) is 3.60. The van der Waals surface area contributed by atoms with Crippen LogP contribution in [0.1, 0.15) is 5.56 Å². The third-order valence-corrected chi connectivity index (χ3v) is 5.65. The molecule has 0 amide bonds. The second kappa shape index (κ2) is 6.80. The third-order valence-electron chi connectivity index (χ3n) is 3.88. The zero-order valence-corrected chi connectivity index (χ0v) is 14.3. The van der Waals surface area contributed by atoms with Crippen LogP contribution in [0.15, 0.2) is 83.8 Å². The van der Waals surface area contributed by atoms with E-state index in [0.717, 1.165) is 22.9 Å². The van der Waals surface area contributed by atoms with Gasteiger partial charge < -0.3 is 0 Å². The highest BCUT2D eigenvalue weighted by Gasteiger charge is 2.51. The topological polar surface area (TPSA) is 51.2 Å². The highest BCUT2D eigenvalue weighted by molar-refractivity contribution is 7.93. The smallest absolute Gasteiger partial charge is 0.287 e. The Labute approximate surface area is 149 Å². The van der Waals surface area contributed by atoms with Crippen molar-refractivity contribution in [2.24, 2.45) is 0 Å². The predicted molar refractivity (Wildman–Crippen MR) is 96.6 cm³/mol. The van der Waals surface area contributed by atoms with E-state index in [1.165, 1.54) is 24.3 Å². The summed E-state index contributed by atoms with van der Waals surface area (Å²) >= 11 is 0. The molecule has 0 atom stereocenters. The van der Waals surface area contributed by atoms with Crippen LogP contribution in [0, 0.1) is 0 Å². The molecular formula is C20H14F2O3S. The van der Waals surface area contributed by atoms with Gasteiger partial charge in [-0.05, 0) is 40.6 Å². The zero-order valence-electron chi connectivity index (χ0n) is 13.5. The van der Waals surface area contributed by atoms with E-state index in [1.807, 2.05) is 24.3 Å². The second-order valence-electron chi connectivity index (χ2n) is 5.64. The molecule has 26 heavy (non-hydrogen) atoms. The number of fused-ring (bicyclic) bond motifs is 1. The average Bonchev–Trinajstić information content (AvgIpc) is 2.66. The van der Waals surface area contributed by atoms with E-state index < -0.39 is 25.8 Å². The molecule has 3 rings (SSSR count). The van der Waals surface area contributed by atoms with E-state index in [2.05, 4.69) is 0 Å². The Morgan fingerprint density at radius 2 is 1.46 bits per heavy atom. The summed E-state index contributed by atoms with van der Waals surface area (Å²) < 4.78 is 52.6. The van der Waals surface area contributed by atoms with Gasteiger partial charge in [0.05, 0.1) is 4.90 Å². The van der Waals surface area contributed by atoms with Gasteiger partial charge in [0.1, 0.15) is 0 Å². The molecule has 0 saturated carbocycles. The van der Waals surface area contributed by atoms with Crippen molar-refractivity contribution in [1.82, 2.24) is 0 Å². The van der Waals surface area contributed by atoms with Gasteiger partial charge in [0.25, 0.3) is 9.84 Å². The third kappa shape index (κ3) is 3.28. The van der Waals surface area contributed by atoms with Crippen LogP contribution < -0.4 is 0 Å². The van der Waals surface area contributed by atoms with E-state index in [-0.39, 0.29) is 0 Å². The van der Waals surface area contributed by atoms with Gasteiger partial charge in [-0.2, -0.15) is 8.78 Å². The average molecular weight is 372 g/mol. The summed E-state index contributed by atoms with van der Waals surface area (Å²) in [5.74, 6) is -1.78. The van der Waals surface area contributed by atoms with E-state index in [0.29, 0.717) is 11.6 Å². The molecule has 132 valence electrons. The molecule has 0 aliphatic heterocycles. The highest BCUT2D eigenvalue weighted by atomic mass is 32.2. The molecule has 0 saturated heterocycles. The molecule has 0 N–H and O–H groups in total. The van der Waals surface area contributed by atoms with Crippen LogP contribution in [0.3, 0.4) is 0 Å². The van der Waals surface area contributed by atoms with E-state index in [1.54, 1.807) is 18.2 Å². The number of rotatable bonds is 5. The van der Waals surface area contributed by atoms with Crippen molar-refractivity contribution in [3.05, 3.63) is 84.4 Å². The van der Waals surface area contributed by atoms with Crippen molar-refractivity contribution >= 4 is 32.5 Å². The monoisotopic (exact) mass is 372 g/mol. The van der Waals surface area contributed by atoms with E-state index in [4.69, 9.17) is 0 Å². The van der Waals surface area contributed by atoms with Gasteiger partial charge in [-0.3, -0.25) is 4.79 Å². The molecule has 6 heteroatoms. The number of halogens is 2. The molecule has 0 bridgehead atoms. The first-order chi connectivity index (χ1) is 12.3. The molecule has 0 aromatic heterocycles. The van der Waals surface area contributed by atoms with Gasteiger partial charge in [-0.25, -0.2) is 8.42 Å². The van der Waals surface area contributed by atoms with Crippen LogP contribution in [0.2, 0.25) is 0 Å². The van der Waals surface area contributed by atoms with E-state index >= 15 is 0 Å². The van der Waals surface area contributed by atoms with Gasteiger partial charge in [0.2, 0.25) is 5.78 Å². The number of allylic oxidation sites excluding steroid dienone is 1. The summed E-state index contributed by atoms with van der Waals surface area (Å²) in [6.45, 7) is 0. The highest BCUT2D eigenvalue weighted by Crippen LogP contribution is 2.30. The lowest BCUT2D eigenvalue weighted by Crippen LogP contribution is -2.36. The molecule has 0 aliphatic carbocycles. The SMILES string of the molecule is O=C(/C=C/c1ccc2ccccc2c1)C(F)(F)S(=O)(=O)c1ccccc1. The van der Waals surface area contributed by atoms with Crippen LogP contribution in [0.5, 0.6) is 0 Å². The number of carbonyl (C=O) groups is 1. The van der Waals surface area contributed by atoms with Crippen LogP contribution >= 0.6 is 0 Å². The summed E-state index contributed by atoms with van der Waals surface area (Å²) in [7, 11) is -5.11. The van der Waals surface area contributed by atoms with Crippen molar-refractivity contribution in [1.29, 1.82) is 0 Å². The molecule has 3 aromatic rings. The summed E-state index contributed by atoms with van der Waals surface area (Å²) in [6.07, 6.45) is 1.79. The van der Waals surface area contributed by atoms with Crippen molar-refractivity contribution in [2.75, 3.05) is 0 Å². The fraction of sp³-hybridized carbons (Fsp3) is 0.0500. The first-order valence-corrected chi connectivity index (χ1v) is 9.19. The Balaban J connectivity index is 1.88. The molecule has 0 aliphatic rings. The quantitative estimate of drug-likeness (QED) is 0.620. The Bertz CT molecular complexity index is 1090. The largest absolute Gasteiger partial charge is 0.410 e. The summed E-state index contributed by atoms with van der Waals surface area (Å²) in [4.78, 5) is 11.3. The lowest BCUT2D eigenvalue weighted by atomic mass is 10.1. The molecule has 0 radical (unpaired) electrons. The minimum atomic E-state index is -5.11. The van der Waals surface area contributed by atoms with Gasteiger partial charge >= 0.3 is 5.25 Å². The van der Waals surface area contributed by atoms with Crippen molar-refractivity contribution in [3.8, 4) is 0 Å². The number of ketones is 1. The summed E-state index contributed by atoms with van der Waals surface area (Å²) in [6, 6.07) is 18.8. The van der Waals surface area contributed by atoms with Crippen LogP contribution in [0.25, 0.3) is 16.8 Å². The van der Waals surface area contributed by atoms with Crippen LogP contribution in [0.4, 0.5) is 8.78 Å². The van der Waals surface area contributed by atoms with Gasteiger partial charge in [0.15, 0.2) is 0 Å². The molecular weight excluding hydrogens is 358 g/mol. The molecule has 0 fully saturated rings. The number of benzene rings is 3. The lowest BCUT2D eigenvalue weighted by molar-refractivity contribution is -0.128. The van der Waals surface area contributed by atoms with Crippen LogP contribution in [-0.2, 0) is 14.6 Å². The Hall–Kier alpha value is -2.86. The number of alkyl halides is 2. The zero-order chi connectivity index (χ0) is 18.8. The molecule has 3 aromatic carbocycles. The molecule has 0 heterocycles. The maximum Gasteiger partial charge on any atom is 0.410 e. The molecule has 0 unspecified atom stereocenters. The predicted octanol–water partition coefficient (Wildman–Crippen LogP) is 4.49. The minimum Gasteiger partial charge on any atom is -0.287 e. The summed E-state index contributed by atoms with van der Waals surface area (Å²) in [5, 5.41) is -2.69. The van der Waals surface area contributed by atoms with Gasteiger partial charge in [-0.1, -0.05) is 60.7 Å². The first kappa shape index (κ1) is 17.9. The fourth-order valence-electron chi connectivity index (χ4n) is 2.46. The van der Waals surface area contributed by atoms with E-state index in [9.17, 15) is 22.0 Å². The maximum absolute atomic E-state index is 14.2. The minimum absolute atomic E-state index is 0.518. The van der Waals surface area contributed by atoms with Crippen LogP contribution in [-0.4, -0.2) is 19.5 Å². The number of sulfone groups is 1. The number of hydrogen-bond donors (Lipinski definition) is 0. The first-order valence-electron chi connectivity index (χ1n) is 7.71. The Morgan fingerprint density at radius 1 is 0.846 bits per heavy atom. The molecule has 3 nitrogen and oxygen atoms in total. The summed E-state index contributed by atoms with van der Waals surface area (Å²) in [5.41, 5.74) is 0.518. The van der Waals surface area contributed by atoms with Crippen molar-refractivity contribution in [3.63, 3.8) is 0 Å². The van der Waals surface area contributed by atoms with Crippen molar-refractivity contribution in [2.45, 2.75) is 10.2 Å². The second-order valence-corrected chi connectivity index (χ2v) is 7.63. The Morgan fingerprint density at radius 3 is 2.15 bits per heavy atom. The number of hydrogen-bond acceptors (Lipinski definition) is 3. The normalized spacial score (nSPS) is 12.5. The van der Waals surface area contributed by atoms with Gasteiger partial charge in [-0.15, -0.1) is 0 Å². The maximum atomic E-state index is 14.2. The lowest BCUT2D eigenvalue weighted by Gasteiger charge is -2.14. The van der Waals surface area contributed by atoms with Crippen molar-refractivity contribution < 1.29 is 22.0 Å². The standard InChI is InChI=1S/C20H14F2O3S/c21-20(22,26(24,25)18-8-2-1-3-9-18)19(23)13-11-15-10-12-16-6-4-5-7-17(16)14-15/h1-14H/b13-11+. The Kier molecular flexibility index (Phi) is 4.70. The molecule has 0 spiro atoms. The van der Waals surface area contributed by atoms with Gasteiger partial charge in [0, 0.05) is 0 Å². The number of carbonyl (C=O) groups excluding carboxylic acids is 1.